The average molecular weight is 421 g/mol. The summed E-state index contributed by atoms with van der Waals surface area (Å²) in [5.74, 6) is 0.563. The largest absolute Gasteiger partial charge is 0.481 e. The van der Waals surface area contributed by atoms with Crippen LogP contribution in [0.15, 0.2) is 57.9 Å². The smallest absolute Gasteiger partial charge is 0.336 e. The number of pyridine rings is 1. The maximum Gasteiger partial charge on any atom is 0.336 e. The first-order chi connectivity index (χ1) is 15.0. The number of carbonyl (C=O) groups is 1. The molecule has 0 spiro atoms. The number of hydrogen-bond donors (Lipinski definition) is 0. The Morgan fingerprint density at radius 3 is 2.84 bits per heavy atom. The standard InChI is InChI=1S/C24H27N3O4/c1-17-14-23(28)31-22-8-7-20(15-21(17)22)30-18(2)24(29)27-11-5-10-26(12-13-27)16-19-6-3-4-9-25-19/h3-4,6-9,14-15,18H,5,10-13,16H2,1-2H3. The SMILES string of the molecule is Cc1cc(=O)oc2ccc(OC(C)C(=O)N3CCCN(Cc4ccccn4)CC3)cc12. The number of ether oxygens (including phenoxy) is 1. The molecule has 1 amide bonds. The average Bonchev–Trinajstić information content (AvgIpc) is 3.00. The van der Waals surface area contributed by atoms with Gasteiger partial charge in [0, 0.05) is 50.4 Å². The Labute approximate surface area is 181 Å². The summed E-state index contributed by atoms with van der Waals surface area (Å²) in [6.45, 7) is 7.55. The summed E-state index contributed by atoms with van der Waals surface area (Å²) >= 11 is 0. The van der Waals surface area contributed by atoms with Gasteiger partial charge in [0.2, 0.25) is 0 Å². The molecule has 0 N–H and O–H groups in total. The number of rotatable bonds is 5. The van der Waals surface area contributed by atoms with Gasteiger partial charge < -0.3 is 14.1 Å². The monoisotopic (exact) mass is 421 g/mol. The maximum atomic E-state index is 13.0. The van der Waals surface area contributed by atoms with E-state index < -0.39 is 6.10 Å². The highest BCUT2D eigenvalue weighted by atomic mass is 16.5. The third-order valence-corrected chi connectivity index (χ3v) is 5.59. The van der Waals surface area contributed by atoms with Gasteiger partial charge in [-0.15, -0.1) is 0 Å². The fraction of sp³-hybridized carbons (Fsp3) is 0.375. The molecule has 162 valence electrons. The number of nitrogens with zero attached hydrogens (tertiary/aromatic N) is 3. The van der Waals surface area contributed by atoms with E-state index in [4.69, 9.17) is 9.15 Å². The van der Waals surface area contributed by atoms with Gasteiger partial charge in [0.15, 0.2) is 6.10 Å². The van der Waals surface area contributed by atoms with Gasteiger partial charge in [-0.25, -0.2) is 4.79 Å². The van der Waals surface area contributed by atoms with Crippen molar-refractivity contribution in [1.29, 1.82) is 0 Å². The van der Waals surface area contributed by atoms with E-state index in [1.54, 1.807) is 19.1 Å². The van der Waals surface area contributed by atoms with Gasteiger partial charge in [0.1, 0.15) is 11.3 Å². The quantitative estimate of drug-likeness (QED) is 0.590. The van der Waals surface area contributed by atoms with Crippen LogP contribution in [0.25, 0.3) is 11.0 Å². The molecule has 1 aromatic carbocycles. The summed E-state index contributed by atoms with van der Waals surface area (Å²) in [7, 11) is 0. The summed E-state index contributed by atoms with van der Waals surface area (Å²) in [5.41, 5.74) is 2.00. The highest BCUT2D eigenvalue weighted by Crippen LogP contribution is 2.23. The Kier molecular flexibility index (Phi) is 6.32. The predicted octanol–water partition coefficient (Wildman–Crippen LogP) is 3.00. The Morgan fingerprint density at radius 1 is 1.16 bits per heavy atom. The summed E-state index contributed by atoms with van der Waals surface area (Å²) in [6, 6.07) is 12.6. The lowest BCUT2D eigenvalue weighted by atomic mass is 10.1. The lowest BCUT2D eigenvalue weighted by molar-refractivity contribution is -0.137. The summed E-state index contributed by atoms with van der Waals surface area (Å²) in [5, 5.41) is 0.802. The van der Waals surface area contributed by atoms with E-state index in [9.17, 15) is 9.59 Å². The van der Waals surface area contributed by atoms with Gasteiger partial charge in [-0.3, -0.25) is 14.7 Å². The lowest BCUT2D eigenvalue weighted by Crippen LogP contribution is -2.42. The van der Waals surface area contributed by atoms with E-state index in [-0.39, 0.29) is 11.5 Å². The minimum Gasteiger partial charge on any atom is -0.481 e. The molecule has 0 bridgehead atoms. The van der Waals surface area contributed by atoms with Gasteiger partial charge in [0.25, 0.3) is 5.91 Å². The minimum absolute atomic E-state index is 0.0175. The van der Waals surface area contributed by atoms with Crippen molar-refractivity contribution in [3.63, 3.8) is 0 Å². The number of aryl methyl sites for hydroxylation is 1. The second-order valence-electron chi connectivity index (χ2n) is 7.94. The zero-order valence-electron chi connectivity index (χ0n) is 17.9. The number of amides is 1. The van der Waals surface area contributed by atoms with Crippen molar-refractivity contribution in [2.45, 2.75) is 32.9 Å². The molecule has 1 saturated heterocycles. The molecule has 1 atom stereocenters. The summed E-state index contributed by atoms with van der Waals surface area (Å²) in [6.07, 6.45) is 2.12. The van der Waals surface area contributed by atoms with Gasteiger partial charge >= 0.3 is 5.63 Å². The van der Waals surface area contributed by atoms with Crippen molar-refractivity contribution >= 4 is 16.9 Å². The Balaban J connectivity index is 1.38. The molecule has 1 unspecified atom stereocenters. The maximum absolute atomic E-state index is 13.0. The third kappa shape index (κ3) is 5.11. The van der Waals surface area contributed by atoms with Crippen molar-refractivity contribution in [3.8, 4) is 5.75 Å². The van der Waals surface area contributed by atoms with Crippen LogP contribution in [0.4, 0.5) is 0 Å². The number of fused-ring (bicyclic) bond motifs is 1. The molecule has 31 heavy (non-hydrogen) atoms. The van der Waals surface area contributed by atoms with Crippen molar-refractivity contribution in [2.75, 3.05) is 26.2 Å². The number of carbonyl (C=O) groups excluding carboxylic acids is 1. The first kappa shape index (κ1) is 21.1. The van der Waals surface area contributed by atoms with Crippen LogP contribution in [0.3, 0.4) is 0 Å². The third-order valence-electron chi connectivity index (χ3n) is 5.59. The highest BCUT2D eigenvalue weighted by Gasteiger charge is 2.25. The van der Waals surface area contributed by atoms with Gasteiger partial charge in [0.05, 0.1) is 5.69 Å². The Bertz CT molecular complexity index is 1110. The molecule has 0 saturated carbocycles. The molecule has 2 aromatic heterocycles. The van der Waals surface area contributed by atoms with Crippen LogP contribution in [0.1, 0.15) is 24.6 Å². The van der Waals surface area contributed by atoms with E-state index in [2.05, 4.69) is 9.88 Å². The van der Waals surface area contributed by atoms with Crippen LogP contribution in [0.5, 0.6) is 5.75 Å². The first-order valence-electron chi connectivity index (χ1n) is 10.6. The van der Waals surface area contributed by atoms with Crippen LogP contribution >= 0.6 is 0 Å². The zero-order valence-corrected chi connectivity index (χ0v) is 17.9. The molecule has 3 aromatic rings. The van der Waals surface area contributed by atoms with Crippen LogP contribution < -0.4 is 10.4 Å². The molecule has 4 rings (SSSR count). The normalized spacial score (nSPS) is 16.1. The fourth-order valence-corrected chi connectivity index (χ4v) is 3.95. The first-order valence-corrected chi connectivity index (χ1v) is 10.6. The van der Waals surface area contributed by atoms with Gasteiger partial charge in [-0.05, 0) is 56.2 Å². The predicted molar refractivity (Wildman–Crippen MR) is 118 cm³/mol. The highest BCUT2D eigenvalue weighted by molar-refractivity contribution is 5.83. The van der Waals surface area contributed by atoms with Crippen molar-refractivity contribution < 1.29 is 13.9 Å². The van der Waals surface area contributed by atoms with E-state index in [1.807, 2.05) is 42.3 Å². The van der Waals surface area contributed by atoms with E-state index in [1.165, 1.54) is 6.07 Å². The second-order valence-corrected chi connectivity index (χ2v) is 7.94. The Morgan fingerprint density at radius 2 is 2.03 bits per heavy atom. The number of aromatic nitrogens is 1. The van der Waals surface area contributed by atoms with Gasteiger partial charge in [-0.1, -0.05) is 6.07 Å². The summed E-state index contributed by atoms with van der Waals surface area (Å²) < 4.78 is 11.2. The van der Waals surface area contributed by atoms with Crippen molar-refractivity contribution in [2.24, 2.45) is 0 Å². The summed E-state index contributed by atoms with van der Waals surface area (Å²) in [4.78, 5) is 33.2. The number of benzene rings is 1. The topological polar surface area (TPSA) is 75.9 Å². The molecule has 1 fully saturated rings. The van der Waals surface area contributed by atoms with Crippen LogP contribution in [0, 0.1) is 6.92 Å². The van der Waals surface area contributed by atoms with E-state index >= 15 is 0 Å². The van der Waals surface area contributed by atoms with Crippen LogP contribution in [-0.4, -0.2) is 53.0 Å². The van der Waals surface area contributed by atoms with Gasteiger partial charge in [-0.2, -0.15) is 0 Å². The Hall–Kier alpha value is -3.19. The molecular formula is C24H27N3O4. The lowest BCUT2D eigenvalue weighted by Gasteiger charge is -2.25. The molecule has 1 aliphatic rings. The minimum atomic E-state index is -0.601. The van der Waals surface area contributed by atoms with Crippen LogP contribution in [-0.2, 0) is 11.3 Å². The van der Waals surface area contributed by atoms with Crippen molar-refractivity contribution in [3.05, 3.63) is 70.3 Å². The molecule has 3 heterocycles. The van der Waals surface area contributed by atoms with Crippen molar-refractivity contribution in [1.82, 2.24) is 14.8 Å². The molecule has 0 aliphatic carbocycles. The molecule has 1 aliphatic heterocycles. The second kappa shape index (κ2) is 9.31. The molecule has 7 nitrogen and oxygen atoms in total. The molecule has 7 heteroatoms. The fourth-order valence-electron chi connectivity index (χ4n) is 3.95. The number of hydrogen-bond acceptors (Lipinski definition) is 6. The van der Waals surface area contributed by atoms with E-state index in [0.717, 1.165) is 42.7 Å². The van der Waals surface area contributed by atoms with E-state index in [0.29, 0.717) is 24.4 Å². The molecule has 0 radical (unpaired) electrons. The zero-order chi connectivity index (χ0) is 21.8. The molecular weight excluding hydrogens is 394 g/mol. The van der Waals surface area contributed by atoms with Crippen LogP contribution in [0.2, 0.25) is 0 Å².